The van der Waals surface area contributed by atoms with Crippen LogP contribution in [0.2, 0.25) is 0 Å². The first-order valence-corrected chi connectivity index (χ1v) is 10.5. The first-order valence-electron chi connectivity index (χ1n) is 10.5. The normalized spacial score (nSPS) is 14.3. The van der Waals surface area contributed by atoms with Crippen molar-refractivity contribution in [2.75, 3.05) is 36.4 Å². The van der Waals surface area contributed by atoms with Gasteiger partial charge in [0, 0.05) is 43.4 Å². The van der Waals surface area contributed by atoms with Crippen LogP contribution < -0.4 is 10.2 Å². The monoisotopic (exact) mass is 388 g/mol. The number of aryl methyl sites for hydroxylation is 2. The molecule has 2 heterocycles. The summed E-state index contributed by atoms with van der Waals surface area (Å²) in [4.78, 5) is 21.6. The summed E-state index contributed by atoms with van der Waals surface area (Å²) >= 11 is 0. The Morgan fingerprint density at radius 1 is 0.931 bits per heavy atom. The van der Waals surface area contributed by atoms with Crippen LogP contribution in [0.4, 0.5) is 16.2 Å². The number of para-hydroxylation sites is 2. The third kappa shape index (κ3) is 3.90. The van der Waals surface area contributed by atoms with Crippen molar-refractivity contribution in [2.24, 2.45) is 0 Å². The molecule has 1 saturated heterocycles. The molecule has 1 N–H and O–H groups in total. The quantitative estimate of drug-likeness (QED) is 0.704. The predicted molar refractivity (Wildman–Crippen MR) is 120 cm³/mol. The first-order chi connectivity index (χ1) is 14.2. The van der Waals surface area contributed by atoms with Gasteiger partial charge in [-0.3, -0.25) is 4.98 Å². The number of aromatic nitrogens is 1. The Morgan fingerprint density at radius 2 is 1.59 bits per heavy atom. The molecule has 1 aliphatic rings. The molecule has 1 aromatic heterocycles. The summed E-state index contributed by atoms with van der Waals surface area (Å²) in [5.74, 6) is 0. The zero-order valence-electron chi connectivity index (χ0n) is 17.2. The van der Waals surface area contributed by atoms with Gasteiger partial charge >= 0.3 is 6.03 Å². The number of nitrogens with zero attached hydrogens (tertiary/aromatic N) is 3. The molecule has 0 saturated carbocycles. The summed E-state index contributed by atoms with van der Waals surface area (Å²) in [6, 6.07) is 16.3. The topological polar surface area (TPSA) is 48.5 Å². The second kappa shape index (κ2) is 8.52. The molecule has 3 aromatic rings. The molecule has 5 heteroatoms. The van der Waals surface area contributed by atoms with Gasteiger partial charge in [-0.2, -0.15) is 0 Å². The lowest BCUT2D eigenvalue weighted by molar-refractivity contribution is 0.208. The summed E-state index contributed by atoms with van der Waals surface area (Å²) < 4.78 is 0. The largest absolute Gasteiger partial charge is 0.368 e. The predicted octanol–water partition coefficient (Wildman–Crippen LogP) is 4.71. The smallest absolute Gasteiger partial charge is 0.322 e. The van der Waals surface area contributed by atoms with Gasteiger partial charge in [0.1, 0.15) is 0 Å². The number of hydrogen-bond donors (Lipinski definition) is 1. The minimum atomic E-state index is -0.0534. The van der Waals surface area contributed by atoms with E-state index < -0.39 is 0 Å². The average molecular weight is 389 g/mol. The molecule has 0 bridgehead atoms. The van der Waals surface area contributed by atoms with Gasteiger partial charge in [-0.1, -0.05) is 50.2 Å². The van der Waals surface area contributed by atoms with E-state index >= 15 is 0 Å². The van der Waals surface area contributed by atoms with Gasteiger partial charge < -0.3 is 15.1 Å². The third-order valence-electron chi connectivity index (χ3n) is 5.72. The molecule has 1 fully saturated rings. The van der Waals surface area contributed by atoms with Crippen LogP contribution in [0, 0.1) is 0 Å². The lowest BCUT2D eigenvalue weighted by atomic mass is 10.0. The number of carbonyl (C=O) groups is 1. The summed E-state index contributed by atoms with van der Waals surface area (Å²) in [6.07, 6.45) is 3.81. The summed E-state index contributed by atoms with van der Waals surface area (Å²) in [7, 11) is 0. The van der Waals surface area contributed by atoms with Crippen molar-refractivity contribution in [3.63, 3.8) is 0 Å². The Hall–Kier alpha value is -3.08. The van der Waals surface area contributed by atoms with Crippen LogP contribution in [-0.2, 0) is 12.8 Å². The molecule has 1 aliphatic heterocycles. The maximum atomic E-state index is 12.9. The number of fused-ring (bicyclic) bond motifs is 1. The van der Waals surface area contributed by atoms with Crippen molar-refractivity contribution in [3.05, 3.63) is 65.9 Å². The second-order valence-corrected chi connectivity index (χ2v) is 7.42. The molecular formula is C24H28N4O. The summed E-state index contributed by atoms with van der Waals surface area (Å²) in [5.41, 5.74) is 5.75. The van der Waals surface area contributed by atoms with Gasteiger partial charge in [0.15, 0.2) is 0 Å². The SMILES string of the molecule is CCc1cccc(CC)c1N1CCN(C(=O)Nc2cccc3cccnc23)CC1. The van der Waals surface area contributed by atoms with Crippen molar-refractivity contribution < 1.29 is 4.79 Å². The highest BCUT2D eigenvalue weighted by molar-refractivity contribution is 5.99. The van der Waals surface area contributed by atoms with E-state index in [9.17, 15) is 4.79 Å². The zero-order chi connectivity index (χ0) is 20.2. The number of rotatable bonds is 4. The number of anilines is 2. The Morgan fingerprint density at radius 3 is 2.28 bits per heavy atom. The van der Waals surface area contributed by atoms with Crippen molar-refractivity contribution in [2.45, 2.75) is 26.7 Å². The van der Waals surface area contributed by atoms with E-state index in [1.807, 2.05) is 35.2 Å². The van der Waals surface area contributed by atoms with Crippen LogP contribution in [0.5, 0.6) is 0 Å². The highest BCUT2D eigenvalue weighted by Crippen LogP contribution is 2.28. The lowest BCUT2D eigenvalue weighted by Gasteiger charge is -2.38. The molecule has 2 amide bonds. The van der Waals surface area contributed by atoms with E-state index in [4.69, 9.17) is 0 Å². The number of nitrogens with one attached hydrogen (secondary N) is 1. The maximum Gasteiger partial charge on any atom is 0.322 e. The van der Waals surface area contributed by atoms with Gasteiger partial charge in [-0.25, -0.2) is 4.79 Å². The van der Waals surface area contributed by atoms with Gasteiger partial charge in [0.2, 0.25) is 0 Å². The first kappa shape index (κ1) is 19.2. The standard InChI is InChI=1S/C24H28N4O/c1-3-18-8-5-9-19(4-2)23(18)27-14-16-28(17-15-27)24(29)26-21-12-6-10-20-11-7-13-25-22(20)21/h5-13H,3-4,14-17H2,1-2H3,(H,26,29). The van der Waals surface area contributed by atoms with Crippen molar-refractivity contribution in [1.82, 2.24) is 9.88 Å². The van der Waals surface area contributed by atoms with E-state index in [1.165, 1.54) is 16.8 Å². The van der Waals surface area contributed by atoms with E-state index in [1.54, 1.807) is 6.20 Å². The van der Waals surface area contributed by atoms with Crippen LogP contribution in [-0.4, -0.2) is 42.1 Å². The second-order valence-electron chi connectivity index (χ2n) is 7.42. The molecule has 29 heavy (non-hydrogen) atoms. The average Bonchev–Trinajstić information content (AvgIpc) is 2.78. The summed E-state index contributed by atoms with van der Waals surface area (Å²) in [6.45, 7) is 7.55. The molecule has 5 nitrogen and oxygen atoms in total. The molecule has 0 atom stereocenters. The van der Waals surface area contributed by atoms with E-state index in [0.717, 1.165) is 42.5 Å². The van der Waals surface area contributed by atoms with E-state index in [0.29, 0.717) is 13.1 Å². The van der Waals surface area contributed by atoms with Crippen molar-refractivity contribution in [1.29, 1.82) is 0 Å². The fourth-order valence-electron chi connectivity index (χ4n) is 4.15. The van der Waals surface area contributed by atoms with Crippen LogP contribution in [0.1, 0.15) is 25.0 Å². The fourth-order valence-corrected chi connectivity index (χ4v) is 4.15. The minimum absolute atomic E-state index is 0.0534. The van der Waals surface area contributed by atoms with Crippen LogP contribution in [0.15, 0.2) is 54.7 Å². The van der Waals surface area contributed by atoms with E-state index in [-0.39, 0.29) is 6.03 Å². The zero-order valence-corrected chi connectivity index (χ0v) is 17.2. The number of piperazine rings is 1. The highest BCUT2D eigenvalue weighted by Gasteiger charge is 2.24. The fraction of sp³-hybridized carbons (Fsp3) is 0.333. The molecule has 2 aromatic carbocycles. The number of amides is 2. The Balaban J connectivity index is 1.46. The minimum Gasteiger partial charge on any atom is -0.368 e. The van der Waals surface area contributed by atoms with Crippen molar-refractivity contribution in [3.8, 4) is 0 Å². The Labute approximate surface area is 172 Å². The molecule has 4 rings (SSSR count). The molecule has 150 valence electrons. The molecule has 0 unspecified atom stereocenters. The number of carbonyl (C=O) groups excluding carboxylic acids is 1. The van der Waals surface area contributed by atoms with E-state index in [2.05, 4.69) is 47.2 Å². The van der Waals surface area contributed by atoms with Gasteiger partial charge in [0.25, 0.3) is 0 Å². The van der Waals surface area contributed by atoms with Gasteiger partial charge in [0.05, 0.1) is 11.2 Å². The third-order valence-corrected chi connectivity index (χ3v) is 5.72. The molecular weight excluding hydrogens is 360 g/mol. The Kier molecular flexibility index (Phi) is 5.65. The molecule has 0 spiro atoms. The Bertz CT molecular complexity index is 981. The van der Waals surface area contributed by atoms with Crippen molar-refractivity contribution >= 4 is 28.3 Å². The van der Waals surface area contributed by atoms with Crippen LogP contribution >= 0.6 is 0 Å². The van der Waals surface area contributed by atoms with Gasteiger partial charge in [-0.05, 0) is 36.1 Å². The number of hydrogen-bond acceptors (Lipinski definition) is 3. The summed E-state index contributed by atoms with van der Waals surface area (Å²) in [5, 5.41) is 4.09. The molecule has 0 radical (unpaired) electrons. The number of pyridine rings is 1. The number of benzene rings is 2. The number of urea groups is 1. The lowest BCUT2D eigenvalue weighted by Crippen LogP contribution is -2.50. The van der Waals surface area contributed by atoms with Gasteiger partial charge in [-0.15, -0.1) is 0 Å². The van der Waals surface area contributed by atoms with Crippen LogP contribution in [0.25, 0.3) is 10.9 Å². The highest BCUT2D eigenvalue weighted by atomic mass is 16.2. The maximum absolute atomic E-state index is 12.9. The molecule has 0 aliphatic carbocycles. The van der Waals surface area contributed by atoms with Crippen LogP contribution in [0.3, 0.4) is 0 Å².